The summed E-state index contributed by atoms with van der Waals surface area (Å²) in [4.78, 5) is 3.85. The lowest BCUT2D eigenvalue weighted by molar-refractivity contribution is -0.00535. The van der Waals surface area contributed by atoms with Gasteiger partial charge in [-0.15, -0.1) is 10.2 Å². The summed E-state index contributed by atoms with van der Waals surface area (Å²) >= 11 is 6.01. The van der Waals surface area contributed by atoms with Gasteiger partial charge in [-0.2, -0.15) is 0 Å². The smallest absolute Gasteiger partial charge is 0.249 e. The fraction of sp³-hybridized carbons (Fsp3) is 0.278. The van der Waals surface area contributed by atoms with Crippen molar-refractivity contribution in [2.24, 2.45) is 0 Å². The van der Waals surface area contributed by atoms with E-state index in [1.165, 1.54) is 18.3 Å². The number of nitrogen functional groups attached to an aromatic ring is 1. The molecule has 0 spiro atoms. The first kappa shape index (κ1) is 19.2. The third kappa shape index (κ3) is 5.22. The maximum Gasteiger partial charge on any atom is 0.249 e. The number of benzene rings is 1. The first-order chi connectivity index (χ1) is 13.0. The van der Waals surface area contributed by atoms with Crippen molar-refractivity contribution in [3.8, 4) is 22.9 Å². The van der Waals surface area contributed by atoms with Crippen molar-refractivity contribution in [1.29, 1.82) is 0 Å². The molecule has 4 rings (SSSR count). The quantitative estimate of drug-likeness (QED) is 0.688. The van der Waals surface area contributed by atoms with Crippen molar-refractivity contribution in [2.75, 3.05) is 18.9 Å². The number of aromatic nitrogens is 3. The number of aliphatic hydroxyl groups is 1. The summed E-state index contributed by atoms with van der Waals surface area (Å²) < 4.78 is 23.3. The number of hydrogen-bond acceptors (Lipinski definition) is 7. The summed E-state index contributed by atoms with van der Waals surface area (Å²) in [7, 11) is 0. The summed E-state index contributed by atoms with van der Waals surface area (Å²) in [5.41, 5.74) is 6.71. The summed E-state index contributed by atoms with van der Waals surface area (Å²) in [6.07, 6.45) is 3.16. The molecule has 0 radical (unpaired) electrons. The molecule has 3 aromatic rings. The Morgan fingerprint density at radius 2 is 1.93 bits per heavy atom. The fourth-order valence-electron chi connectivity index (χ4n) is 2.38. The molecule has 2 aromatic heterocycles. The number of ether oxygens (including phenoxy) is 1. The second-order valence-electron chi connectivity index (χ2n) is 5.88. The van der Waals surface area contributed by atoms with Crippen LogP contribution >= 0.6 is 11.6 Å². The highest BCUT2D eigenvalue weighted by Gasteiger charge is 2.14. The van der Waals surface area contributed by atoms with Crippen molar-refractivity contribution in [3.63, 3.8) is 0 Å². The van der Waals surface area contributed by atoms with Crippen LogP contribution in [0.25, 0.3) is 22.9 Å². The topological polar surface area (TPSA) is 107 Å². The molecule has 0 aliphatic carbocycles. The van der Waals surface area contributed by atoms with E-state index in [-0.39, 0.29) is 23.7 Å². The van der Waals surface area contributed by atoms with E-state index in [4.69, 9.17) is 31.6 Å². The zero-order valence-corrected chi connectivity index (χ0v) is 15.1. The lowest BCUT2D eigenvalue weighted by atomic mass is 10.2. The summed E-state index contributed by atoms with van der Waals surface area (Å²) in [6.45, 7) is 1.37. The maximum absolute atomic E-state index is 12.9. The van der Waals surface area contributed by atoms with E-state index in [9.17, 15) is 4.39 Å². The van der Waals surface area contributed by atoms with E-state index < -0.39 is 0 Å². The van der Waals surface area contributed by atoms with Crippen molar-refractivity contribution in [3.05, 3.63) is 47.4 Å². The third-order valence-corrected chi connectivity index (χ3v) is 4.06. The molecule has 1 atom stereocenters. The highest BCUT2D eigenvalue weighted by atomic mass is 35.5. The normalized spacial score (nSPS) is 16.5. The minimum absolute atomic E-state index is 0.186. The average Bonchev–Trinajstić information content (AvgIpc) is 3.15. The molecule has 3 heterocycles. The van der Waals surface area contributed by atoms with Crippen LogP contribution in [-0.2, 0) is 4.74 Å². The Labute approximate surface area is 160 Å². The molecule has 0 saturated carbocycles. The number of nitrogens with two attached hydrogens (primary N) is 1. The van der Waals surface area contributed by atoms with Crippen molar-refractivity contribution in [1.82, 2.24) is 15.2 Å². The number of pyridine rings is 1. The molecule has 9 heteroatoms. The zero-order chi connectivity index (χ0) is 19.2. The predicted molar refractivity (Wildman–Crippen MR) is 98.4 cm³/mol. The fourth-order valence-corrected chi connectivity index (χ4v) is 2.57. The second kappa shape index (κ2) is 8.90. The highest BCUT2D eigenvalue weighted by molar-refractivity contribution is 6.33. The Kier molecular flexibility index (Phi) is 6.33. The predicted octanol–water partition coefficient (Wildman–Crippen LogP) is 3.33. The molecular weight excluding hydrogens is 375 g/mol. The van der Waals surface area contributed by atoms with E-state index in [0.717, 1.165) is 19.4 Å². The first-order valence-corrected chi connectivity index (χ1v) is 8.67. The van der Waals surface area contributed by atoms with Gasteiger partial charge < -0.3 is 20.0 Å². The number of nitrogens with zero attached hydrogens (tertiary/aromatic N) is 3. The van der Waals surface area contributed by atoms with E-state index in [2.05, 4.69) is 15.2 Å². The van der Waals surface area contributed by atoms with Gasteiger partial charge in [0, 0.05) is 18.4 Å². The van der Waals surface area contributed by atoms with Crippen LogP contribution in [0.1, 0.15) is 12.8 Å². The zero-order valence-electron chi connectivity index (χ0n) is 14.3. The van der Waals surface area contributed by atoms with Crippen molar-refractivity contribution >= 4 is 17.4 Å². The van der Waals surface area contributed by atoms with E-state index in [1.54, 1.807) is 18.2 Å². The van der Waals surface area contributed by atoms with Crippen LogP contribution in [0.2, 0.25) is 5.02 Å². The largest absolute Gasteiger partial charge is 0.416 e. The molecular formula is C18H18ClFN4O3. The van der Waals surface area contributed by atoms with Crippen molar-refractivity contribution < 1.29 is 18.7 Å². The monoisotopic (exact) mass is 392 g/mol. The first-order valence-electron chi connectivity index (χ1n) is 8.29. The Morgan fingerprint density at radius 1 is 1.19 bits per heavy atom. The molecule has 27 heavy (non-hydrogen) atoms. The van der Waals surface area contributed by atoms with Gasteiger partial charge in [0.25, 0.3) is 0 Å². The molecule has 1 aliphatic heterocycles. The lowest BCUT2D eigenvalue weighted by Gasteiger charge is -2.15. The lowest BCUT2D eigenvalue weighted by Crippen LogP contribution is -2.21. The molecule has 7 nitrogen and oxygen atoms in total. The Morgan fingerprint density at radius 3 is 2.56 bits per heavy atom. The number of anilines is 1. The van der Waals surface area contributed by atoms with Crippen LogP contribution in [0, 0.1) is 5.82 Å². The standard InChI is InChI=1S/C13H8ClFN4O.C5H10O2/c14-10-6-17-11(16)5-9(10)13-19-18-12(20-13)7-1-3-8(15)4-2-7;6-5-2-1-3-7-4-5/h1-6H,(H2,16,17);5-6H,1-4H2. The Hall–Kier alpha value is -2.55. The number of hydrogen-bond donors (Lipinski definition) is 2. The van der Waals surface area contributed by atoms with Gasteiger partial charge in [-0.05, 0) is 43.2 Å². The van der Waals surface area contributed by atoms with Gasteiger partial charge in [-0.3, -0.25) is 0 Å². The Bertz CT molecular complexity index is 883. The molecule has 3 N–H and O–H groups in total. The number of rotatable bonds is 2. The van der Waals surface area contributed by atoms with Crippen LogP contribution < -0.4 is 5.73 Å². The molecule has 1 unspecified atom stereocenters. The van der Waals surface area contributed by atoms with E-state index in [1.807, 2.05) is 0 Å². The van der Waals surface area contributed by atoms with Crippen LogP contribution in [0.4, 0.5) is 10.2 Å². The molecule has 1 saturated heterocycles. The van der Waals surface area contributed by atoms with Gasteiger partial charge in [0.15, 0.2) is 0 Å². The van der Waals surface area contributed by atoms with Crippen molar-refractivity contribution in [2.45, 2.75) is 18.9 Å². The molecule has 1 aliphatic rings. The number of halogens is 2. The molecule has 1 fully saturated rings. The third-order valence-electron chi connectivity index (χ3n) is 3.76. The molecule has 1 aromatic carbocycles. The van der Waals surface area contributed by atoms with E-state index >= 15 is 0 Å². The van der Waals surface area contributed by atoms with Crippen LogP contribution in [0.5, 0.6) is 0 Å². The summed E-state index contributed by atoms with van der Waals surface area (Å²) in [6, 6.07) is 7.28. The van der Waals surface area contributed by atoms with E-state index in [0.29, 0.717) is 28.6 Å². The van der Waals surface area contributed by atoms with Crippen LogP contribution in [0.3, 0.4) is 0 Å². The van der Waals surface area contributed by atoms with Crippen LogP contribution in [-0.4, -0.2) is 39.6 Å². The van der Waals surface area contributed by atoms with Gasteiger partial charge in [-0.1, -0.05) is 11.6 Å². The Balaban J connectivity index is 0.000000253. The maximum atomic E-state index is 12.9. The SMILES string of the molecule is Nc1cc(-c2nnc(-c3ccc(F)cc3)o2)c(Cl)cn1.OC1CCCOC1. The minimum atomic E-state index is -0.335. The van der Waals surface area contributed by atoms with Gasteiger partial charge in [0.1, 0.15) is 11.6 Å². The van der Waals surface area contributed by atoms with Gasteiger partial charge in [0.2, 0.25) is 11.8 Å². The summed E-state index contributed by atoms with van der Waals surface area (Å²) in [5, 5.41) is 17.0. The summed E-state index contributed by atoms with van der Waals surface area (Å²) in [5.74, 6) is 0.458. The molecule has 0 bridgehead atoms. The highest BCUT2D eigenvalue weighted by Crippen LogP contribution is 2.29. The van der Waals surface area contributed by atoms with Gasteiger partial charge in [-0.25, -0.2) is 9.37 Å². The van der Waals surface area contributed by atoms with Gasteiger partial charge in [0.05, 0.1) is 23.3 Å². The molecule has 142 valence electrons. The molecule has 0 amide bonds. The number of aliphatic hydroxyl groups excluding tert-OH is 1. The minimum Gasteiger partial charge on any atom is -0.416 e. The second-order valence-corrected chi connectivity index (χ2v) is 6.29. The van der Waals surface area contributed by atoms with Gasteiger partial charge >= 0.3 is 0 Å². The van der Waals surface area contributed by atoms with Crippen LogP contribution in [0.15, 0.2) is 40.9 Å². The average molecular weight is 393 g/mol.